The first-order valence-corrected chi connectivity index (χ1v) is 11.9. The van der Waals surface area contributed by atoms with Crippen molar-refractivity contribution in [2.75, 3.05) is 14.2 Å². The number of carbonyl (C=O) groups excluding carboxylic acids is 2. The summed E-state index contributed by atoms with van der Waals surface area (Å²) >= 11 is 3.43. The highest BCUT2D eigenvalue weighted by Crippen LogP contribution is 2.38. The molecular weight excluding hydrogens is 540 g/mol. The van der Waals surface area contributed by atoms with Crippen molar-refractivity contribution in [3.63, 3.8) is 0 Å². The van der Waals surface area contributed by atoms with E-state index in [4.69, 9.17) is 9.47 Å². The van der Waals surface area contributed by atoms with Crippen molar-refractivity contribution in [1.82, 2.24) is 10.3 Å². The molecule has 188 valence electrons. The van der Waals surface area contributed by atoms with Gasteiger partial charge in [-0.15, -0.1) is 10.2 Å². The van der Waals surface area contributed by atoms with Crippen LogP contribution < -0.4 is 14.8 Å². The number of aromatic amines is 1. The quantitative estimate of drug-likeness (QED) is 0.187. The molecule has 3 aromatic carbocycles. The van der Waals surface area contributed by atoms with Crippen molar-refractivity contribution in [2.45, 2.75) is 6.92 Å². The number of nitrogens with zero attached hydrogens (tertiary/aromatic N) is 2. The second kappa shape index (κ2) is 11.1. The second-order valence-electron chi connectivity index (χ2n) is 7.96. The monoisotopic (exact) mass is 562 g/mol. The van der Waals surface area contributed by atoms with Crippen LogP contribution in [0.25, 0.3) is 17.0 Å². The number of H-pyrrole nitrogens is 1. The molecule has 0 aliphatic rings. The summed E-state index contributed by atoms with van der Waals surface area (Å²) < 4.78 is 11.5. The summed E-state index contributed by atoms with van der Waals surface area (Å²) in [5.74, 6) is -0.603. The lowest BCUT2D eigenvalue weighted by Gasteiger charge is -2.10. The number of rotatable bonds is 7. The normalized spacial score (nSPS) is 11.6. The highest BCUT2D eigenvalue weighted by Gasteiger charge is 2.18. The fraction of sp³-hybridized carbons (Fsp3) is 0.111. The van der Waals surface area contributed by atoms with E-state index in [0.717, 1.165) is 10.0 Å². The average molecular weight is 563 g/mol. The van der Waals surface area contributed by atoms with E-state index in [1.165, 1.54) is 20.3 Å². The lowest BCUT2D eigenvalue weighted by atomic mass is 10.1. The highest BCUT2D eigenvalue weighted by atomic mass is 79.9. The van der Waals surface area contributed by atoms with Crippen LogP contribution in [0.15, 0.2) is 81.1 Å². The zero-order valence-corrected chi connectivity index (χ0v) is 21.8. The average Bonchev–Trinajstić information content (AvgIpc) is 3.22. The van der Waals surface area contributed by atoms with E-state index < -0.39 is 11.8 Å². The minimum Gasteiger partial charge on any atom is -0.497 e. The molecule has 37 heavy (non-hydrogen) atoms. The molecule has 4 rings (SSSR count). The van der Waals surface area contributed by atoms with Crippen LogP contribution >= 0.6 is 15.9 Å². The lowest BCUT2D eigenvalue weighted by Crippen LogP contribution is -2.26. The topological polar surface area (TPSA) is 125 Å². The molecule has 3 N–H and O–H groups in total. The maximum Gasteiger partial charge on any atom is 0.311 e. The largest absolute Gasteiger partial charge is 0.497 e. The summed E-state index contributed by atoms with van der Waals surface area (Å²) in [6.45, 7) is 1.87. The molecule has 1 aromatic heterocycles. The van der Waals surface area contributed by atoms with Gasteiger partial charge in [0, 0.05) is 21.0 Å². The highest BCUT2D eigenvalue weighted by molar-refractivity contribution is 9.10. The molecule has 0 aliphatic carbocycles. The molecule has 0 aliphatic heterocycles. The third-order valence-corrected chi connectivity index (χ3v) is 5.97. The van der Waals surface area contributed by atoms with Gasteiger partial charge >= 0.3 is 5.91 Å². The first-order chi connectivity index (χ1) is 17.8. The third-order valence-electron chi connectivity index (χ3n) is 5.52. The molecular formula is C27H23BrN4O5. The lowest BCUT2D eigenvalue weighted by molar-refractivity contribution is -0.115. The fourth-order valence-electron chi connectivity index (χ4n) is 3.69. The van der Waals surface area contributed by atoms with E-state index in [2.05, 4.69) is 36.5 Å². The van der Waals surface area contributed by atoms with Crippen LogP contribution in [-0.4, -0.2) is 36.1 Å². The van der Waals surface area contributed by atoms with Gasteiger partial charge in [0.25, 0.3) is 5.91 Å². The predicted octanol–water partition coefficient (Wildman–Crippen LogP) is 6.04. The molecule has 0 spiro atoms. The second-order valence-corrected chi connectivity index (χ2v) is 8.87. The number of nitrogens with one attached hydrogen (secondary N) is 2. The maximum atomic E-state index is 13.2. The number of benzene rings is 3. The van der Waals surface area contributed by atoms with Crippen molar-refractivity contribution < 1.29 is 24.2 Å². The van der Waals surface area contributed by atoms with Gasteiger partial charge in [0.1, 0.15) is 17.2 Å². The number of aryl methyl sites for hydroxylation is 1. The Labute approximate surface area is 221 Å². The first-order valence-electron chi connectivity index (χ1n) is 11.1. The summed E-state index contributed by atoms with van der Waals surface area (Å²) in [6, 6.07) is 17.1. The van der Waals surface area contributed by atoms with Crippen LogP contribution in [0.2, 0.25) is 0 Å². The molecule has 0 fully saturated rings. The molecule has 0 unspecified atom stereocenters. The van der Waals surface area contributed by atoms with Crippen molar-refractivity contribution in [3.8, 4) is 17.4 Å². The Bertz CT molecular complexity index is 1540. The van der Waals surface area contributed by atoms with Gasteiger partial charge in [-0.25, -0.2) is 0 Å². The molecule has 2 amide bonds. The Morgan fingerprint density at radius 3 is 2.51 bits per heavy atom. The number of aromatic hydroxyl groups is 1. The number of ether oxygens (including phenoxy) is 2. The number of aromatic nitrogens is 1. The van der Waals surface area contributed by atoms with Gasteiger partial charge in [-0.05, 0) is 61.0 Å². The van der Waals surface area contributed by atoms with E-state index >= 15 is 0 Å². The van der Waals surface area contributed by atoms with Gasteiger partial charge in [-0.2, -0.15) is 0 Å². The summed E-state index contributed by atoms with van der Waals surface area (Å²) in [5, 5.41) is 21.4. The van der Waals surface area contributed by atoms with E-state index in [-0.39, 0.29) is 17.3 Å². The Kier molecular flexibility index (Phi) is 7.69. The molecule has 4 aromatic rings. The predicted molar refractivity (Wildman–Crippen MR) is 143 cm³/mol. The van der Waals surface area contributed by atoms with Gasteiger partial charge in [-0.1, -0.05) is 34.1 Å². The molecule has 0 bridgehead atoms. The number of fused-ring (bicyclic) bond motifs is 1. The Morgan fingerprint density at radius 2 is 1.81 bits per heavy atom. The van der Waals surface area contributed by atoms with E-state index in [0.29, 0.717) is 33.5 Å². The maximum absolute atomic E-state index is 13.2. The van der Waals surface area contributed by atoms with Crippen molar-refractivity contribution in [3.05, 3.63) is 87.5 Å². The minimum atomic E-state index is -0.838. The van der Waals surface area contributed by atoms with Crippen LogP contribution in [0.3, 0.4) is 0 Å². The van der Waals surface area contributed by atoms with Crippen molar-refractivity contribution in [1.29, 1.82) is 0 Å². The molecule has 0 saturated heterocycles. The van der Waals surface area contributed by atoms with Crippen LogP contribution in [0.1, 0.15) is 21.5 Å². The fourth-order valence-corrected chi connectivity index (χ4v) is 4.27. The summed E-state index contributed by atoms with van der Waals surface area (Å²) in [4.78, 5) is 29.0. The first kappa shape index (κ1) is 25.6. The Morgan fingerprint density at radius 1 is 1.05 bits per heavy atom. The summed E-state index contributed by atoms with van der Waals surface area (Å²) in [7, 11) is 3.00. The van der Waals surface area contributed by atoms with Crippen LogP contribution in [-0.2, 0) is 4.79 Å². The molecule has 0 atom stereocenters. The summed E-state index contributed by atoms with van der Waals surface area (Å²) in [5.41, 5.74) is 2.31. The summed E-state index contributed by atoms with van der Waals surface area (Å²) in [6.07, 6.45) is 1.43. The van der Waals surface area contributed by atoms with Gasteiger partial charge in [0.15, 0.2) is 5.69 Å². The van der Waals surface area contributed by atoms with Gasteiger partial charge in [0.2, 0.25) is 5.88 Å². The smallest absolute Gasteiger partial charge is 0.311 e. The number of methoxy groups -OCH3 is 2. The zero-order chi connectivity index (χ0) is 26.5. The van der Waals surface area contributed by atoms with E-state index in [1.807, 2.05) is 13.0 Å². The van der Waals surface area contributed by atoms with Crippen molar-refractivity contribution >= 4 is 50.4 Å². The molecule has 9 nitrogen and oxygen atoms in total. The molecule has 0 saturated carbocycles. The van der Waals surface area contributed by atoms with E-state index in [1.54, 1.807) is 54.6 Å². The number of hydrogen-bond donors (Lipinski definition) is 3. The number of halogens is 1. The van der Waals surface area contributed by atoms with Crippen LogP contribution in [0.5, 0.6) is 17.4 Å². The van der Waals surface area contributed by atoms with Crippen LogP contribution in [0, 0.1) is 6.92 Å². The van der Waals surface area contributed by atoms with Crippen molar-refractivity contribution in [2.24, 2.45) is 10.2 Å². The third kappa shape index (κ3) is 5.70. The van der Waals surface area contributed by atoms with Crippen LogP contribution in [0.4, 0.5) is 5.69 Å². The SMILES string of the molecule is COc1ccc(OC)c(C=C(NC(=O)c2ccccc2)C(=O)N=Nc2c(O)[nH]c3c(C)cc(Br)cc23)c1. The Balaban J connectivity index is 1.75. The molecule has 1 heterocycles. The molecule has 10 heteroatoms. The molecule has 0 radical (unpaired) electrons. The number of amides is 2. The standard InChI is InChI=1S/C27H23BrN4O5/c1-15-11-18(28)14-20-23(15)30-27(35)24(20)31-32-26(34)21(29-25(33)16-7-5-4-6-8-16)13-17-12-19(36-2)9-10-22(17)37-3/h4-14,30,35H,1-3H3,(H,29,33). The van der Waals surface area contributed by atoms with Gasteiger partial charge < -0.3 is 24.9 Å². The van der Waals surface area contributed by atoms with E-state index in [9.17, 15) is 14.7 Å². The van der Waals surface area contributed by atoms with Gasteiger partial charge in [-0.3, -0.25) is 9.59 Å². The van der Waals surface area contributed by atoms with Gasteiger partial charge in [0.05, 0.1) is 19.7 Å². The number of carbonyl (C=O) groups is 2. The Hall–Kier alpha value is -4.44. The number of hydrogen-bond acceptors (Lipinski definition) is 6. The minimum absolute atomic E-state index is 0.0976. The zero-order valence-electron chi connectivity index (χ0n) is 20.2. The number of azo groups is 1.